The average Bonchev–Trinajstić information content (AvgIpc) is 2.39. The molecule has 0 aromatic carbocycles. The molecule has 0 saturated heterocycles. The first-order chi connectivity index (χ1) is 9.44. The van der Waals surface area contributed by atoms with Crippen molar-refractivity contribution in [1.29, 1.82) is 0 Å². The van der Waals surface area contributed by atoms with Crippen molar-refractivity contribution in [3.63, 3.8) is 0 Å². The van der Waals surface area contributed by atoms with Crippen LogP contribution in [0.5, 0.6) is 5.75 Å². The molecule has 0 atom stereocenters. The van der Waals surface area contributed by atoms with Crippen molar-refractivity contribution in [2.45, 2.75) is 18.7 Å². The second-order valence-electron chi connectivity index (χ2n) is 4.06. The molecule has 2 rings (SSSR count). The van der Waals surface area contributed by atoms with Crippen LogP contribution in [0.1, 0.15) is 11.4 Å². The normalized spacial score (nSPS) is 11.2. The van der Waals surface area contributed by atoms with E-state index in [0.29, 0.717) is 17.1 Å². The summed E-state index contributed by atoms with van der Waals surface area (Å²) in [5, 5.41) is 0. The summed E-state index contributed by atoms with van der Waals surface area (Å²) in [6.45, 7) is 3.38. The number of hydrogen-bond donors (Lipinski definition) is 1. The third-order valence-corrected chi connectivity index (χ3v) is 4.11. The molecule has 8 heteroatoms. The Kier molecular flexibility index (Phi) is 3.84. The fourth-order valence-corrected chi connectivity index (χ4v) is 2.91. The van der Waals surface area contributed by atoms with Gasteiger partial charge in [0, 0.05) is 12.3 Å². The Labute approximate surface area is 117 Å². The van der Waals surface area contributed by atoms with Crippen LogP contribution in [0.3, 0.4) is 0 Å². The van der Waals surface area contributed by atoms with Crippen LogP contribution in [0.4, 0.5) is 5.82 Å². The highest BCUT2D eigenvalue weighted by Gasteiger charge is 2.20. The van der Waals surface area contributed by atoms with Gasteiger partial charge in [0.1, 0.15) is 22.8 Å². The fourth-order valence-electron chi connectivity index (χ4n) is 1.71. The Hall–Kier alpha value is -2.22. The topological polar surface area (TPSA) is 94.1 Å². The van der Waals surface area contributed by atoms with Gasteiger partial charge < -0.3 is 4.74 Å². The second kappa shape index (κ2) is 5.41. The number of hydrogen-bond acceptors (Lipinski definition) is 6. The molecular formula is C12H14N4O3S. The van der Waals surface area contributed by atoms with E-state index in [2.05, 4.69) is 19.7 Å². The van der Waals surface area contributed by atoms with E-state index in [1.54, 1.807) is 13.8 Å². The maximum Gasteiger partial charge on any atom is 0.264 e. The SMILES string of the molecule is COc1cc(S(=O)(=O)Nc2ccncn2)c(C)nc1C. The minimum absolute atomic E-state index is 0.0542. The van der Waals surface area contributed by atoms with E-state index in [-0.39, 0.29) is 10.7 Å². The quantitative estimate of drug-likeness (QED) is 0.913. The molecule has 0 bridgehead atoms. The molecule has 0 fully saturated rings. The van der Waals surface area contributed by atoms with Gasteiger partial charge in [-0.1, -0.05) is 0 Å². The van der Waals surface area contributed by atoms with E-state index in [1.807, 2.05) is 0 Å². The van der Waals surface area contributed by atoms with Gasteiger partial charge in [-0.15, -0.1) is 0 Å². The smallest absolute Gasteiger partial charge is 0.264 e. The molecule has 0 radical (unpaired) electrons. The number of aromatic nitrogens is 3. The van der Waals surface area contributed by atoms with Crippen molar-refractivity contribution in [3.8, 4) is 5.75 Å². The summed E-state index contributed by atoms with van der Waals surface area (Å²) in [7, 11) is -2.31. The largest absolute Gasteiger partial charge is 0.495 e. The zero-order valence-electron chi connectivity index (χ0n) is 11.3. The Bertz CT molecular complexity index is 717. The fraction of sp³-hybridized carbons (Fsp3) is 0.250. The van der Waals surface area contributed by atoms with Crippen LogP contribution in [-0.4, -0.2) is 30.5 Å². The number of nitrogens with one attached hydrogen (secondary N) is 1. The molecule has 2 aromatic heterocycles. The lowest BCUT2D eigenvalue weighted by Gasteiger charge is -2.12. The van der Waals surface area contributed by atoms with E-state index in [9.17, 15) is 8.42 Å². The predicted octanol–water partition coefficient (Wildman–Crippen LogP) is 1.30. The van der Waals surface area contributed by atoms with Crippen molar-refractivity contribution in [2.75, 3.05) is 11.8 Å². The molecule has 0 aliphatic heterocycles. The van der Waals surface area contributed by atoms with Gasteiger partial charge in [0.05, 0.1) is 18.5 Å². The number of methoxy groups -OCH3 is 1. The van der Waals surface area contributed by atoms with Gasteiger partial charge in [0.2, 0.25) is 0 Å². The average molecular weight is 294 g/mol. The van der Waals surface area contributed by atoms with Crippen molar-refractivity contribution >= 4 is 15.8 Å². The van der Waals surface area contributed by atoms with Crippen molar-refractivity contribution in [2.24, 2.45) is 0 Å². The van der Waals surface area contributed by atoms with Gasteiger partial charge in [0.15, 0.2) is 0 Å². The molecule has 2 aromatic rings. The van der Waals surface area contributed by atoms with Crippen LogP contribution in [-0.2, 0) is 10.0 Å². The zero-order valence-corrected chi connectivity index (χ0v) is 12.1. The third-order valence-electron chi connectivity index (χ3n) is 2.64. The molecule has 20 heavy (non-hydrogen) atoms. The second-order valence-corrected chi connectivity index (χ2v) is 5.71. The molecule has 0 amide bonds. The maximum absolute atomic E-state index is 12.3. The lowest BCUT2D eigenvalue weighted by molar-refractivity contribution is 0.407. The minimum Gasteiger partial charge on any atom is -0.495 e. The summed E-state index contributed by atoms with van der Waals surface area (Å²) in [6.07, 6.45) is 2.71. The summed E-state index contributed by atoms with van der Waals surface area (Å²) in [5.41, 5.74) is 1.02. The molecule has 0 spiro atoms. The monoisotopic (exact) mass is 294 g/mol. The van der Waals surface area contributed by atoms with Gasteiger partial charge in [-0.2, -0.15) is 0 Å². The number of ether oxygens (including phenoxy) is 1. The maximum atomic E-state index is 12.3. The standard InChI is InChI=1S/C12H14N4O3S/c1-8-10(19-3)6-11(9(2)15-8)20(17,18)16-12-4-5-13-7-14-12/h4-7H,1-3H3,(H,13,14,16). The highest BCUT2D eigenvalue weighted by molar-refractivity contribution is 7.92. The summed E-state index contributed by atoms with van der Waals surface area (Å²) >= 11 is 0. The van der Waals surface area contributed by atoms with Crippen LogP contribution >= 0.6 is 0 Å². The summed E-state index contributed by atoms with van der Waals surface area (Å²) < 4.78 is 32.1. The van der Waals surface area contributed by atoms with Gasteiger partial charge >= 0.3 is 0 Å². The van der Waals surface area contributed by atoms with Crippen LogP contribution in [0, 0.1) is 13.8 Å². The Morgan fingerprint density at radius 2 is 2.00 bits per heavy atom. The molecule has 1 N–H and O–H groups in total. The van der Waals surface area contributed by atoms with E-state index < -0.39 is 10.0 Å². The van der Waals surface area contributed by atoms with Crippen molar-refractivity contribution in [1.82, 2.24) is 15.0 Å². The molecule has 0 aliphatic carbocycles. The lowest BCUT2D eigenvalue weighted by Crippen LogP contribution is -2.16. The molecular weight excluding hydrogens is 280 g/mol. The van der Waals surface area contributed by atoms with E-state index in [1.165, 1.54) is 31.8 Å². The van der Waals surface area contributed by atoms with Gasteiger partial charge in [-0.25, -0.2) is 18.4 Å². The van der Waals surface area contributed by atoms with E-state index in [0.717, 1.165) is 0 Å². The number of rotatable bonds is 4. The molecule has 0 aliphatic rings. The van der Waals surface area contributed by atoms with Crippen LogP contribution in [0.25, 0.3) is 0 Å². The van der Waals surface area contributed by atoms with Crippen LogP contribution in [0.15, 0.2) is 29.6 Å². The number of aryl methyl sites for hydroxylation is 2. The van der Waals surface area contributed by atoms with E-state index in [4.69, 9.17) is 4.74 Å². The summed E-state index contributed by atoms with van der Waals surface area (Å²) in [5.74, 6) is 0.609. The highest BCUT2D eigenvalue weighted by atomic mass is 32.2. The van der Waals surface area contributed by atoms with Gasteiger partial charge in [0.25, 0.3) is 10.0 Å². The first-order valence-electron chi connectivity index (χ1n) is 5.75. The molecule has 0 unspecified atom stereocenters. The number of pyridine rings is 1. The number of anilines is 1. The first kappa shape index (κ1) is 14.2. The van der Waals surface area contributed by atoms with Crippen LogP contribution < -0.4 is 9.46 Å². The zero-order chi connectivity index (χ0) is 14.8. The summed E-state index contributed by atoms with van der Waals surface area (Å²) in [4.78, 5) is 11.8. The third kappa shape index (κ3) is 2.85. The molecule has 106 valence electrons. The molecule has 2 heterocycles. The van der Waals surface area contributed by atoms with Gasteiger partial charge in [-0.05, 0) is 19.9 Å². The number of sulfonamides is 1. The molecule has 0 saturated carbocycles. The lowest BCUT2D eigenvalue weighted by atomic mass is 10.3. The summed E-state index contributed by atoms with van der Waals surface area (Å²) in [6, 6.07) is 2.91. The Morgan fingerprint density at radius 3 is 2.60 bits per heavy atom. The van der Waals surface area contributed by atoms with E-state index >= 15 is 0 Å². The number of nitrogens with zero attached hydrogens (tertiary/aromatic N) is 3. The molecule has 7 nitrogen and oxygen atoms in total. The Balaban J connectivity index is 2.44. The van der Waals surface area contributed by atoms with Crippen molar-refractivity contribution in [3.05, 3.63) is 36.0 Å². The minimum atomic E-state index is -3.78. The first-order valence-corrected chi connectivity index (χ1v) is 7.23. The predicted molar refractivity (Wildman–Crippen MR) is 73.1 cm³/mol. The van der Waals surface area contributed by atoms with Crippen molar-refractivity contribution < 1.29 is 13.2 Å². The van der Waals surface area contributed by atoms with Crippen LogP contribution in [0.2, 0.25) is 0 Å². The Morgan fingerprint density at radius 1 is 1.25 bits per heavy atom. The highest BCUT2D eigenvalue weighted by Crippen LogP contribution is 2.24. The van der Waals surface area contributed by atoms with Gasteiger partial charge in [-0.3, -0.25) is 9.71 Å².